The minimum atomic E-state index is -0.138. The first-order chi connectivity index (χ1) is 9.24. The summed E-state index contributed by atoms with van der Waals surface area (Å²) in [6.07, 6.45) is 5.30. The molecule has 0 aromatic heterocycles. The van der Waals surface area contributed by atoms with E-state index in [0.29, 0.717) is 13.2 Å². The number of rotatable bonds is 2. The average Bonchev–Trinajstić information content (AvgIpc) is 2.93. The molecule has 1 aliphatic carbocycles. The molecule has 2 aliphatic rings. The largest absolute Gasteiger partial charge is 0.346 e. The highest BCUT2D eigenvalue weighted by molar-refractivity contribution is 5.34. The number of ether oxygens (including phenoxy) is 2. The summed E-state index contributed by atoms with van der Waals surface area (Å²) in [4.78, 5) is 0. The van der Waals surface area contributed by atoms with Crippen molar-refractivity contribution in [2.45, 2.75) is 51.7 Å². The maximum absolute atomic E-state index is 5.60. The van der Waals surface area contributed by atoms with Gasteiger partial charge in [-0.2, -0.15) is 0 Å². The lowest BCUT2D eigenvalue weighted by Crippen LogP contribution is -2.11. The Bertz CT molecular complexity index is 427. The van der Waals surface area contributed by atoms with E-state index in [1.54, 1.807) is 0 Å². The molecule has 1 aliphatic heterocycles. The quantitative estimate of drug-likeness (QED) is 0.787. The van der Waals surface area contributed by atoms with Crippen LogP contribution in [0.4, 0.5) is 0 Å². The summed E-state index contributed by atoms with van der Waals surface area (Å²) < 4.78 is 11.2. The van der Waals surface area contributed by atoms with Gasteiger partial charge in [0.15, 0.2) is 6.29 Å². The Kier molecular flexibility index (Phi) is 3.90. The van der Waals surface area contributed by atoms with Gasteiger partial charge in [-0.05, 0) is 42.7 Å². The van der Waals surface area contributed by atoms with Crippen LogP contribution < -0.4 is 0 Å². The molecule has 1 aromatic carbocycles. The highest BCUT2D eigenvalue weighted by Gasteiger charge is 2.23. The Labute approximate surface area is 116 Å². The van der Waals surface area contributed by atoms with Crippen LogP contribution in [0.1, 0.15) is 61.5 Å². The zero-order valence-corrected chi connectivity index (χ0v) is 12.0. The van der Waals surface area contributed by atoms with Gasteiger partial charge in [-0.25, -0.2) is 0 Å². The van der Waals surface area contributed by atoms with Crippen LogP contribution in [0.25, 0.3) is 0 Å². The summed E-state index contributed by atoms with van der Waals surface area (Å²) in [7, 11) is 0. The molecular weight excluding hydrogens is 236 g/mol. The molecule has 2 fully saturated rings. The van der Waals surface area contributed by atoms with E-state index in [0.717, 1.165) is 11.8 Å². The van der Waals surface area contributed by atoms with E-state index >= 15 is 0 Å². The highest BCUT2D eigenvalue weighted by Crippen LogP contribution is 2.37. The summed E-state index contributed by atoms with van der Waals surface area (Å²) in [6.45, 7) is 5.98. The van der Waals surface area contributed by atoms with Gasteiger partial charge in [0, 0.05) is 5.56 Å². The van der Waals surface area contributed by atoms with Gasteiger partial charge < -0.3 is 9.47 Å². The minimum Gasteiger partial charge on any atom is -0.346 e. The van der Waals surface area contributed by atoms with Crippen molar-refractivity contribution in [1.29, 1.82) is 0 Å². The standard InChI is InChI=1S/C17H24O2/c1-12-3-5-14(6-4-12)15-7-8-16(13(2)11-15)17-18-9-10-19-17/h7-8,11-12,14,17H,3-6,9-10H2,1-2H3. The second-order valence-electron chi connectivity index (χ2n) is 6.15. The fourth-order valence-corrected chi connectivity index (χ4v) is 3.35. The third kappa shape index (κ3) is 2.85. The Balaban J connectivity index is 1.75. The van der Waals surface area contributed by atoms with E-state index in [4.69, 9.17) is 9.47 Å². The molecule has 19 heavy (non-hydrogen) atoms. The molecular formula is C17H24O2. The van der Waals surface area contributed by atoms with Crippen molar-refractivity contribution >= 4 is 0 Å². The SMILES string of the molecule is Cc1cc(C2CCC(C)CC2)ccc1C1OCCO1. The Hall–Kier alpha value is -0.860. The Morgan fingerprint density at radius 3 is 2.32 bits per heavy atom. The molecule has 0 amide bonds. The third-order valence-electron chi connectivity index (χ3n) is 4.66. The van der Waals surface area contributed by atoms with Crippen LogP contribution >= 0.6 is 0 Å². The first-order valence-corrected chi connectivity index (χ1v) is 7.57. The van der Waals surface area contributed by atoms with Crippen LogP contribution in [0, 0.1) is 12.8 Å². The third-order valence-corrected chi connectivity index (χ3v) is 4.66. The second kappa shape index (κ2) is 5.64. The lowest BCUT2D eigenvalue weighted by molar-refractivity contribution is -0.0445. The number of benzene rings is 1. The normalized spacial score (nSPS) is 28.7. The van der Waals surface area contributed by atoms with Gasteiger partial charge in [-0.1, -0.05) is 38.0 Å². The first-order valence-electron chi connectivity index (χ1n) is 7.57. The van der Waals surface area contributed by atoms with Crippen molar-refractivity contribution < 1.29 is 9.47 Å². The van der Waals surface area contributed by atoms with E-state index in [9.17, 15) is 0 Å². The molecule has 0 spiro atoms. The van der Waals surface area contributed by atoms with Gasteiger partial charge in [-0.15, -0.1) is 0 Å². The van der Waals surface area contributed by atoms with Gasteiger partial charge in [-0.3, -0.25) is 0 Å². The summed E-state index contributed by atoms with van der Waals surface area (Å²) in [5.74, 6) is 1.67. The molecule has 0 bridgehead atoms. The van der Waals surface area contributed by atoms with E-state index in [-0.39, 0.29) is 6.29 Å². The predicted octanol–water partition coefficient (Wildman–Crippen LogP) is 4.33. The maximum atomic E-state index is 5.60. The fraction of sp³-hybridized carbons (Fsp3) is 0.647. The monoisotopic (exact) mass is 260 g/mol. The molecule has 1 aromatic rings. The van der Waals surface area contributed by atoms with Crippen molar-refractivity contribution in [2.24, 2.45) is 5.92 Å². The Morgan fingerprint density at radius 1 is 1.00 bits per heavy atom. The molecule has 1 saturated heterocycles. The van der Waals surface area contributed by atoms with Crippen LogP contribution in [0.2, 0.25) is 0 Å². The van der Waals surface area contributed by atoms with E-state index in [1.807, 2.05) is 0 Å². The first kappa shape index (κ1) is 13.1. The topological polar surface area (TPSA) is 18.5 Å². The maximum Gasteiger partial charge on any atom is 0.184 e. The van der Waals surface area contributed by atoms with E-state index in [2.05, 4.69) is 32.0 Å². The highest BCUT2D eigenvalue weighted by atomic mass is 16.7. The van der Waals surface area contributed by atoms with Crippen LogP contribution in [0.5, 0.6) is 0 Å². The second-order valence-corrected chi connectivity index (χ2v) is 6.15. The zero-order valence-electron chi connectivity index (χ0n) is 12.0. The van der Waals surface area contributed by atoms with Gasteiger partial charge >= 0.3 is 0 Å². The van der Waals surface area contributed by atoms with Crippen molar-refractivity contribution in [2.75, 3.05) is 13.2 Å². The molecule has 0 N–H and O–H groups in total. The van der Waals surface area contributed by atoms with Crippen molar-refractivity contribution in [3.8, 4) is 0 Å². The van der Waals surface area contributed by atoms with Crippen LogP contribution in [0.3, 0.4) is 0 Å². The summed E-state index contributed by atoms with van der Waals surface area (Å²) in [5.41, 5.74) is 4.01. The predicted molar refractivity (Wildman–Crippen MR) is 76.2 cm³/mol. The molecule has 0 atom stereocenters. The van der Waals surface area contributed by atoms with Crippen LogP contribution in [-0.4, -0.2) is 13.2 Å². The summed E-state index contributed by atoms with van der Waals surface area (Å²) >= 11 is 0. The Morgan fingerprint density at radius 2 is 1.68 bits per heavy atom. The molecule has 3 rings (SSSR count). The average molecular weight is 260 g/mol. The van der Waals surface area contributed by atoms with Gasteiger partial charge in [0.2, 0.25) is 0 Å². The number of hydrogen-bond acceptors (Lipinski definition) is 2. The summed E-state index contributed by atoms with van der Waals surface area (Å²) in [5, 5.41) is 0. The minimum absolute atomic E-state index is 0.138. The molecule has 2 nitrogen and oxygen atoms in total. The van der Waals surface area contributed by atoms with Crippen molar-refractivity contribution in [3.63, 3.8) is 0 Å². The van der Waals surface area contributed by atoms with Gasteiger partial charge in [0.05, 0.1) is 13.2 Å². The molecule has 1 saturated carbocycles. The van der Waals surface area contributed by atoms with Gasteiger partial charge in [0.1, 0.15) is 0 Å². The number of aryl methyl sites for hydroxylation is 1. The van der Waals surface area contributed by atoms with Crippen LogP contribution in [0.15, 0.2) is 18.2 Å². The summed E-state index contributed by atoms with van der Waals surface area (Å²) in [6, 6.07) is 6.84. The molecule has 2 heteroatoms. The van der Waals surface area contributed by atoms with Crippen LogP contribution in [-0.2, 0) is 9.47 Å². The van der Waals surface area contributed by atoms with E-state index < -0.39 is 0 Å². The smallest absolute Gasteiger partial charge is 0.184 e. The number of hydrogen-bond donors (Lipinski definition) is 0. The van der Waals surface area contributed by atoms with Crippen molar-refractivity contribution in [3.05, 3.63) is 34.9 Å². The molecule has 104 valence electrons. The molecule has 1 heterocycles. The lowest BCUT2D eigenvalue weighted by atomic mass is 9.79. The van der Waals surface area contributed by atoms with Crippen molar-refractivity contribution in [1.82, 2.24) is 0 Å². The molecule has 0 unspecified atom stereocenters. The molecule has 0 radical (unpaired) electrons. The lowest BCUT2D eigenvalue weighted by Gasteiger charge is -2.27. The fourth-order valence-electron chi connectivity index (χ4n) is 3.35. The van der Waals surface area contributed by atoms with Gasteiger partial charge in [0.25, 0.3) is 0 Å². The zero-order chi connectivity index (χ0) is 13.2. The van der Waals surface area contributed by atoms with E-state index in [1.165, 1.54) is 42.4 Å².